The molecule has 4 N–H and O–H groups in total. The maximum atomic E-state index is 15.6. The Morgan fingerprint density at radius 2 is 1.11 bits per heavy atom. The van der Waals surface area contributed by atoms with Crippen molar-refractivity contribution in [3.63, 3.8) is 0 Å². The van der Waals surface area contributed by atoms with Crippen molar-refractivity contribution in [1.29, 1.82) is 5.26 Å². The number of aromatic nitrogens is 2. The first-order valence-corrected chi connectivity index (χ1v) is 23.7. The SMILES string of the molecule is Cc1c(N2CCC(F)(CNC(=O)OC(C)(C)C)C2)c(F)c(F)c2c(C#N)cc(=O)n(C3CCC3)c12.Cc1c(N2CCC(F)(CNC(=O)OC(C)(C)C)C2)c(F)c(F)c2c(CN)cc(=O)n(C3CCC3)c12. The number of rotatable bonds is 9. The smallest absolute Gasteiger partial charge is 0.407 e. The highest BCUT2D eigenvalue weighted by molar-refractivity contribution is 5.93. The molecule has 2 saturated heterocycles. The number of aryl methyl sites for hydroxylation is 2. The molecule has 14 nitrogen and oxygen atoms in total. The first-order chi connectivity index (χ1) is 32.7. The van der Waals surface area contributed by atoms with Gasteiger partial charge in [0.1, 0.15) is 28.6 Å². The summed E-state index contributed by atoms with van der Waals surface area (Å²) in [7, 11) is 0. The van der Waals surface area contributed by atoms with E-state index in [1.54, 1.807) is 60.0 Å². The molecule has 2 amide bonds. The Bertz CT molecular complexity index is 2900. The van der Waals surface area contributed by atoms with Crippen LogP contribution in [-0.4, -0.2) is 83.1 Å². The van der Waals surface area contributed by atoms with Gasteiger partial charge in [-0.2, -0.15) is 5.26 Å². The number of nitrogens with zero attached hydrogens (tertiary/aromatic N) is 5. The van der Waals surface area contributed by atoms with Crippen LogP contribution >= 0.6 is 0 Å². The fraction of sp³-hybridized carbons (Fsp3) is 0.580. The number of nitrogens with two attached hydrogens (primary N) is 1. The van der Waals surface area contributed by atoms with Crippen LogP contribution in [0.5, 0.6) is 0 Å². The van der Waals surface area contributed by atoms with Crippen molar-refractivity contribution in [2.24, 2.45) is 5.73 Å². The summed E-state index contributed by atoms with van der Waals surface area (Å²) < 4.78 is 106. The fourth-order valence-corrected chi connectivity index (χ4v) is 9.93. The molecule has 2 aliphatic carbocycles. The summed E-state index contributed by atoms with van der Waals surface area (Å²) in [5.41, 5.74) is 0.810. The molecule has 0 radical (unpaired) electrons. The number of pyridine rings is 2. The lowest BCUT2D eigenvalue weighted by Gasteiger charge is -2.32. The van der Waals surface area contributed by atoms with Crippen molar-refractivity contribution >= 4 is 45.4 Å². The molecule has 2 atom stereocenters. The molecular formula is C50H62F6N8O6. The molecule has 2 unspecified atom stereocenters. The van der Waals surface area contributed by atoms with Gasteiger partial charge < -0.3 is 44.8 Å². The van der Waals surface area contributed by atoms with Crippen LogP contribution in [0.4, 0.5) is 47.3 Å². The number of anilines is 2. The van der Waals surface area contributed by atoms with Gasteiger partial charge in [-0.1, -0.05) is 0 Å². The number of fused-ring (bicyclic) bond motifs is 2. The van der Waals surface area contributed by atoms with Crippen LogP contribution in [-0.2, 0) is 16.0 Å². The summed E-state index contributed by atoms with van der Waals surface area (Å²) in [5.74, 6) is -4.59. The van der Waals surface area contributed by atoms with Crippen molar-refractivity contribution in [2.75, 3.05) is 49.1 Å². The van der Waals surface area contributed by atoms with E-state index in [0.717, 1.165) is 44.6 Å². The number of carbonyl (C=O) groups excluding carboxylic acids is 2. The number of nitrogens with one attached hydrogen (secondary N) is 2. The monoisotopic (exact) mass is 984 g/mol. The minimum atomic E-state index is -1.89. The van der Waals surface area contributed by atoms with E-state index in [-0.39, 0.29) is 121 Å². The van der Waals surface area contributed by atoms with Gasteiger partial charge in [0, 0.05) is 73.2 Å². The van der Waals surface area contributed by atoms with Gasteiger partial charge in [0.2, 0.25) is 0 Å². The zero-order valence-corrected chi connectivity index (χ0v) is 40.9. The number of benzene rings is 2. The third-order valence-electron chi connectivity index (χ3n) is 13.6. The quantitative estimate of drug-likeness (QED) is 0.137. The second-order valence-electron chi connectivity index (χ2n) is 21.1. The number of hydrogen-bond acceptors (Lipinski definition) is 10. The molecule has 20 heteroatoms. The summed E-state index contributed by atoms with van der Waals surface area (Å²) in [4.78, 5) is 52.6. The predicted octanol–water partition coefficient (Wildman–Crippen LogP) is 8.84. The van der Waals surface area contributed by atoms with Crippen molar-refractivity contribution in [2.45, 2.75) is 148 Å². The third-order valence-corrected chi connectivity index (χ3v) is 13.6. The van der Waals surface area contributed by atoms with Crippen LogP contribution < -0.4 is 37.3 Å². The molecule has 2 aliphatic heterocycles. The number of nitriles is 1. The highest BCUT2D eigenvalue weighted by Crippen LogP contribution is 2.44. The van der Waals surface area contributed by atoms with E-state index in [1.807, 2.05) is 6.07 Å². The second kappa shape index (κ2) is 19.3. The van der Waals surface area contributed by atoms with Crippen LogP contribution in [0.15, 0.2) is 21.7 Å². The number of alkyl halides is 2. The molecular weight excluding hydrogens is 923 g/mol. The van der Waals surface area contributed by atoms with Crippen LogP contribution in [0, 0.1) is 48.4 Å². The highest BCUT2D eigenvalue weighted by Gasteiger charge is 2.43. The van der Waals surface area contributed by atoms with E-state index < -0.39 is 63.6 Å². The summed E-state index contributed by atoms with van der Waals surface area (Å²) in [6, 6.07) is 3.89. The molecule has 4 fully saturated rings. The third kappa shape index (κ3) is 10.3. The van der Waals surface area contributed by atoms with Crippen molar-refractivity contribution in [3.05, 3.63) is 78.4 Å². The summed E-state index contributed by atoms with van der Waals surface area (Å²) >= 11 is 0. The molecule has 2 aromatic carbocycles. The number of halogens is 6. The van der Waals surface area contributed by atoms with Gasteiger partial charge in [0.05, 0.1) is 59.5 Å². The van der Waals surface area contributed by atoms with Crippen molar-refractivity contribution in [3.8, 4) is 6.07 Å². The molecule has 2 saturated carbocycles. The van der Waals surface area contributed by atoms with Gasteiger partial charge in [-0.05, 0) is 99.5 Å². The lowest BCUT2D eigenvalue weighted by atomic mass is 9.91. The Kier molecular flexibility index (Phi) is 14.3. The van der Waals surface area contributed by atoms with Crippen molar-refractivity contribution < 1.29 is 45.4 Å². The molecule has 380 valence electrons. The Balaban J connectivity index is 0.000000206. The topological polar surface area (TPSA) is 177 Å². The molecule has 4 heterocycles. The Hall–Kier alpha value is -5.97. The minimum Gasteiger partial charge on any atom is -0.444 e. The van der Waals surface area contributed by atoms with Gasteiger partial charge >= 0.3 is 12.2 Å². The number of amides is 2. The van der Waals surface area contributed by atoms with E-state index in [1.165, 1.54) is 20.4 Å². The molecule has 0 bridgehead atoms. The molecule has 8 rings (SSSR count). The summed E-state index contributed by atoms with van der Waals surface area (Å²) in [6.45, 7) is 12.3. The Morgan fingerprint density at radius 1 is 0.714 bits per heavy atom. The van der Waals surface area contributed by atoms with E-state index >= 15 is 26.3 Å². The molecule has 2 aromatic heterocycles. The van der Waals surface area contributed by atoms with E-state index in [4.69, 9.17) is 15.2 Å². The first kappa shape index (κ1) is 51.9. The zero-order chi connectivity index (χ0) is 51.4. The minimum absolute atomic E-state index is 0.00931. The zero-order valence-electron chi connectivity index (χ0n) is 40.9. The molecule has 4 aliphatic rings. The van der Waals surface area contributed by atoms with E-state index in [9.17, 15) is 24.4 Å². The normalized spacial score (nSPS) is 20.7. The highest BCUT2D eigenvalue weighted by atomic mass is 19.2. The molecule has 4 aromatic rings. The van der Waals surface area contributed by atoms with Crippen LogP contribution in [0.1, 0.15) is 127 Å². The van der Waals surface area contributed by atoms with Crippen LogP contribution in [0.3, 0.4) is 0 Å². The average Bonchev–Trinajstić information content (AvgIpc) is 3.81. The van der Waals surface area contributed by atoms with Gasteiger partial charge in [-0.3, -0.25) is 9.59 Å². The standard InChI is InChI=1S/C25H33F3N4O3.C25H29F3N4O3/c2*1-14-21-18(15(11-29)10-17(33)32(21)16-6-5-7-16)19(26)20(27)22(14)31-9-8-25(28,13-31)12-30-23(34)35-24(2,3)4/h10,16H,5-9,11-13,29H2,1-4H3,(H,30,34);10,16H,5-9,12-13H2,1-4H3,(H,30,34). The van der Waals surface area contributed by atoms with Gasteiger partial charge in [-0.15, -0.1) is 0 Å². The van der Waals surface area contributed by atoms with Gasteiger partial charge in [-0.25, -0.2) is 35.9 Å². The molecule has 70 heavy (non-hydrogen) atoms. The van der Waals surface area contributed by atoms with Crippen LogP contribution in [0.2, 0.25) is 0 Å². The maximum Gasteiger partial charge on any atom is 0.407 e. The average molecular weight is 985 g/mol. The number of carbonyl (C=O) groups is 2. The summed E-state index contributed by atoms with van der Waals surface area (Å²) in [6.07, 6.45) is 3.35. The fourth-order valence-electron chi connectivity index (χ4n) is 9.93. The van der Waals surface area contributed by atoms with Crippen LogP contribution in [0.25, 0.3) is 21.8 Å². The van der Waals surface area contributed by atoms with E-state index in [0.29, 0.717) is 11.1 Å². The lowest BCUT2D eigenvalue weighted by Crippen LogP contribution is -2.43. The predicted molar refractivity (Wildman–Crippen MR) is 254 cm³/mol. The molecule has 0 spiro atoms. The Morgan fingerprint density at radius 3 is 1.49 bits per heavy atom. The summed E-state index contributed by atoms with van der Waals surface area (Å²) in [5, 5.41) is 14.1. The largest absolute Gasteiger partial charge is 0.444 e. The number of ether oxygens (including phenoxy) is 2. The Labute approximate surface area is 402 Å². The van der Waals surface area contributed by atoms with Gasteiger partial charge in [0.25, 0.3) is 11.1 Å². The lowest BCUT2D eigenvalue weighted by molar-refractivity contribution is 0.0477. The second-order valence-corrected chi connectivity index (χ2v) is 21.1. The van der Waals surface area contributed by atoms with Crippen molar-refractivity contribution in [1.82, 2.24) is 19.8 Å². The van der Waals surface area contributed by atoms with Gasteiger partial charge in [0.15, 0.2) is 23.3 Å². The van der Waals surface area contributed by atoms with E-state index in [2.05, 4.69) is 10.6 Å². The number of alkyl carbamates (subject to hydrolysis) is 2. The number of hydrogen-bond donors (Lipinski definition) is 3. The maximum absolute atomic E-state index is 15.6. The first-order valence-electron chi connectivity index (χ1n) is 23.7.